The minimum atomic E-state index is -0.308. The first-order chi connectivity index (χ1) is 13.0. The Morgan fingerprint density at radius 3 is 2.78 bits per heavy atom. The number of amides is 1. The molecule has 6 heteroatoms. The molecule has 0 fully saturated rings. The number of carbonyl (C=O) groups excluding carboxylic acids is 1. The second kappa shape index (κ2) is 6.93. The summed E-state index contributed by atoms with van der Waals surface area (Å²) in [4.78, 5) is 16.3. The Bertz CT molecular complexity index is 1040. The third-order valence-corrected chi connectivity index (χ3v) is 4.91. The summed E-state index contributed by atoms with van der Waals surface area (Å²) in [6.07, 6.45) is 1.29. The fraction of sp³-hybridized carbons (Fsp3) is 0.143. The number of nitrogens with one attached hydrogen (secondary N) is 2. The van der Waals surface area contributed by atoms with Gasteiger partial charge in [0.25, 0.3) is 5.91 Å². The molecular formula is C21H18ClN3O2. The summed E-state index contributed by atoms with van der Waals surface area (Å²) in [6, 6.07) is 15.0. The van der Waals surface area contributed by atoms with Gasteiger partial charge >= 0.3 is 0 Å². The summed E-state index contributed by atoms with van der Waals surface area (Å²) in [5.41, 5.74) is 5.33. The first kappa shape index (κ1) is 17.4. The smallest absolute Gasteiger partial charge is 0.258 e. The lowest BCUT2D eigenvalue weighted by Gasteiger charge is -2.13. The zero-order valence-electron chi connectivity index (χ0n) is 14.9. The molecule has 1 atom stereocenters. The second-order valence-corrected chi connectivity index (χ2v) is 6.85. The molecular weight excluding hydrogens is 362 g/mol. The maximum atomic E-state index is 12.4. The average Bonchev–Trinajstić information content (AvgIpc) is 3.07. The Hall–Kier alpha value is -3.05. The zero-order chi connectivity index (χ0) is 19.0. The number of fused-ring (bicyclic) bond motifs is 1. The van der Waals surface area contributed by atoms with E-state index in [1.807, 2.05) is 12.1 Å². The van der Waals surface area contributed by atoms with Gasteiger partial charge in [-0.3, -0.25) is 4.79 Å². The maximum Gasteiger partial charge on any atom is 0.258 e. The lowest BCUT2D eigenvalue weighted by atomic mass is 10.1. The van der Waals surface area contributed by atoms with Gasteiger partial charge in [-0.25, -0.2) is 4.98 Å². The van der Waals surface area contributed by atoms with Crippen LogP contribution in [0.25, 0.3) is 0 Å². The molecule has 1 aliphatic heterocycles. The first-order valence-corrected chi connectivity index (χ1v) is 8.95. The van der Waals surface area contributed by atoms with Gasteiger partial charge in [-0.1, -0.05) is 29.8 Å². The number of rotatable bonds is 3. The molecule has 0 bridgehead atoms. The SMILES string of the molecule is Cc1ccc([C@@H]2Nc3cc(NC(=O)c4cccnc4Cl)ccc3O2)cc1C. The fourth-order valence-electron chi connectivity index (χ4n) is 2.95. The number of aryl methyl sites for hydroxylation is 2. The van der Waals surface area contributed by atoms with E-state index in [1.54, 1.807) is 24.4 Å². The molecule has 2 aromatic carbocycles. The largest absolute Gasteiger partial charge is 0.464 e. The van der Waals surface area contributed by atoms with E-state index >= 15 is 0 Å². The van der Waals surface area contributed by atoms with Gasteiger partial charge < -0.3 is 15.4 Å². The molecule has 4 rings (SSSR count). The van der Waals surface area contributed by atoms with Crippen LogP contribution >= 0.6 is 11.6 Å². The molecule has 0 saturated carbocycles. The number of ether oxygens (including phenoxy) is 1. The highest BCUT2D eigenvalue weighted by atomic mass is 35.5. The molecule has 2 N–H and O–H groups in total. The Morgan fingerprint density at radius 1 is 1.15 bits per heavy atom. The highest BCUT2D eigenvalue weighted by molar-refractivity contribution is 6.33. The van der Waals surface area contributed by atoms with Gasteiger partial charge in [0.15, 0.2) is 6.23 Å². The number of anilines is 2. The topological polar surface area (TPSA) is 63.2 Å². The van der Waals surface area contributed by atoms with Crippen molar-refractivity contribution < 1.29 is 9.53 Å². The van der Waals surface area contributed by atoms with Crippen molar-refractivity contribution in [2.45, 2.75) is 20.1 Å². The van der Waals surface area contributed by atoms with E-state index < -0.39 is 0 Å². The molecule has 136 valence electrons. The van der Waals surface area contributed by atoms with Crippen molar-refractivity contribution in [1.29, 1.82) is 0 Å². The van der Waals surface area contributed by atoms with Crippen LogP contribution in [0.4, 0.5) is 11.4 Å². The lowest BCUT2D eigenvalue weighted by molar-refractivity contribution is 0.102. The number of halogens is 1. The predicted molar refractivity (Wildman–Crippen MR) is 107 cm³/mol. The summed E-state index contributed by atoms with van der Waals surface area (Å²) in [7, 11) is 0. The summed E-state index contributed by atoms with van der Waals surface area (Å²) in [5, 5.41) is 6.36. The van der Waals surface area contributed by atoms with Crippen LogP contribution in [0.1, 0.15) is 33.3 Å². The number of pyridine rings is 1. The Kier molecular flexibility index (Phi) is 4.46. The second-order valence-electron chi connectivity index (χ2n) is 6.49. The summed E-state index contributed by atoms with van der Waals surface area (Å²) in [5.74, 6) is 0.438. The maximum absolute atomic E-state index is 12.4. The molecule has 27 heavy (non-hydrogen) atoms. The van der Waals surface area contributed by atoms with Gasteiger partial charge in [-0.05, 0) is 55.3 Å². The Labute approximate surface area is 162 Å². The van der Waals surface area contributed by atoms with Gasteiger partial charge in [0.1, 0.15) is 10.9 Å². The van der Waals surface area contributed by atoms with E-state index in [-0.39, 0.29) is 17.3 Å². The van der Waals surface area contributed by atoms with Crippen LogP contribution in [0.2, 0.25) is 5.15 Å². The number of aromatic nitrogens is 1. The highest BCUT2D eigenvalue weighted by Gasteiger charge is 2.24. The number of benzene rings is 2. The van der Waals surface area contributed by atoms with Gasteiger partial charge in [-0.15, -0.1) is 0 Å². The number of hydrogen-bond donors (Lipinski definition) is 2. The van der Waals surface area contributed by atoms with Crippen LogP contribution in [-0.4, -0.2) is 10.9 Å². The molecule has 5 nitrogen and oxygen atoms in total. The molecule has 0 unspecified atom stereocenters. The van der Waals surface area contributed by atoms with Crippen LogP contribution in [0.3, 0.4) is 0 Å². The summed E-state index contributed by atoms with van der Waals surface area (Å²) in [6.45, 7) is 4.17. The van der Waals surface area contributed by atoms with E-state index in [2.05, 4.69) is 47.7 Å². The minimum absolute atomic E-state index is 0.174. The number of hydrogen-bond acceptors (Lipinski definition) is 4. The van der Waals surface area contributed by atoms with Crippen LogP contribution in [0.15, 0.2) is 54.7 Å². The van der Waals surface area contributed by atoms with Crippen molar-refractivity contribution in [3.8, 4) is 5.75 Å². The number of carbonyl (C=O) groups is 1. The lowest BCUT2D eigenvalue weighted by Crippen LogP contribution is -2.13. The van der Waals surface area contributed by atoms with Gasteiger partial charge in [0.05, 0.1) is 11.3 Å². The molecule has 0 aliphatic carbocycles. The third-order valence-electron chi connectivity index (χ3n) is 4.61. The van der Waals surface area contributed by atoms with Crippen molar-refractivity contribution in [3.63, 3.8) is 0 Å². The van der Waals surface area contributed by atoms with E-state index in [1.165, 1.54) is 11.1 Å². The van der Waals surface area contributed by atoms with Crippen LogP contribution in [-0.2, 0) is 0 Å². The summed E-state index contributed by atoms with van der Waals surface area (Å²) < 4.78 is 6.00. The predicted octanol–water partition coefficient (Wildman–Crippen LogP) is 5.11. The highest BCUT2D eigenvalue weighted by Crippen LogP contribution is 2.39. The van der Waals surface area contributed by atoms with Crippen molar-refractivity contribution in [2.75, 3.05) is 10.6 Å². The van der Waals surface area contributed by atoms with Crippen LogP contribution in [0, 0.1) is 13.8 Å². The molecule has 1 amide bonds. The van der Waals surface area contributed by atoms with E-state index in [4.69, 9.17) is 16.3 Å². The third kappa shape index (κ3) is 3.46. The first-order valence-electron chi connectivity index (χ1n) is 8.57. The quantitative estimate of drug-likeness (QED) is 0.621. The van der Waals surface area contributed by atoms with E-state index in [0.29, 0.717) is 11.3 Å². The molecule has 0 spiro atoms. The Morgan fingerprint density at radius 2 is 2.00 bits per heavy atom. The fourth-order valence-corrected chi connectivity index (χ4v) is 3.16. The van der Waals surface area contributed by atoms with Crippen molar-refractivity contribution in [3.05, 3.63) is 82.1 Å². The standard InChI is InChI=1S/C21H18ClN3O2/c1-12-5-6-14(10-13(12)2)21-25-17-11-15(7-8-18(17)27-21)24-20(26)16-4-3-9-23-19(16)22/h3-11,21,25H,1-2H3,(H,24,26)/t21-/m1/s1. The van der Waals surface area contributed by atoms with Gasteiger partial charge in [0, 0.05) is 17.4 Å². The zero-order valence-corrected chi connectivity index (χ0v) is 15.7. The van der Waals surface area contributed by atoms with Crippen LogP contribution in [0.5, 0.6) is 5.75 Å². The molecule has 3 aromatic rings. The van der Waals surface area contributed by atoms with Crippen molar-refractivity contribution >= 4 is 28.9 Å². The van der Waals surface area contributed by atoms with Crippen molar-refractivity contribution in [2.24, 2.45) is 0 Å². The molecule has 1 aliphatic rings. The molecule has 1 aromatic heterocycles. The molecule has 2 heterocycles. The molecule has 0 saturated heterocycles. The van der Waals surface area contributed by atoms with E-state index in [9.17, 15) is 4.79 Å². The monoisotopic (exact) mass is 379 g/mol. The normalized spacial score (nSPS) is 14.9. The average molecular weight is 380 g/mol. The van der Waals surface area contributed by atoms with E-state index in [0.717, 1.165) is 17.0 Å². The van der Waals surface area contributed by atoms with Gasteiger partial charge in [-0.2, -0.15) is 0 Å². The van der Waals surface area contributed by atoms with Gasteiger partial charge in [0.2, 0.25) is 0 Å². The Balaban J connectivity index is 1.52. The summed E-state index contributed by atoms with van der Waals surface area (Å²) >= 11 is 5.99. The van der Waals surface area contributed by atoms with Crippen LogP contribution < -0.4 is 15.4 Å². The van der Waals surface area contributed by atoms with Crippen molar-refractivity contribution in [1.82, 2.24) is 4.98 Å². The number of nitrogens with zero attached hydrogens (tertiary/aromatic N) is 1. The minimum Gasteiger partial charge on any atom is -0.464 e. The molecule has 0 radical (unpaired) electrons.